The third kappa shape index (κ3) is 5.68. The summed E-state index contributed by atoms with van der Waals surface area (Å²) < 4.78 is 34.7. The molecule has 4 N–H and O–H groups in total. The smallest absolute Gasteiger partial charge is 0.334 e. The van der Waals surface area contributed by atoms with Crippen molar-refractivity contribution < 1.29 is 37.8 Å². The number of urea groups is 1. The number of halogens is 2. The molecular formula is C25H27F2N3O6S. The van der Waals surface area contributed by atoms with Crippen LogP contribution in [0.15, 0.2) is 42.5 Å². The number of nitrogens with two attached hydrogens (primary N) is 1. The first kappa shape index (κ1) is 27.9. The van der Waals surface area contributed by atoms with Crippen LogP contribution in [0.2, 0.25) is 0 Å². The molecule has 2 aromatic rings. The highest BCUT2D eigenvalue weighted by atomic mass is 32.2. The van der Waals surface area contributed by atoms with E-state index >= 15 is 0 Å². The molecule has 37 heavy (non-hydrogen) atoms. The maximum absolute atomic E-state index is 15.0. The lowest BCUT2D eigenvalue weighted by atomic mass is 9.85. The normalized spacial score (nSPS) is 19.1. The molecule has 0 radical (unpaired) electrons. The number of hydrogen-bond acceptors (Lipinski definition) is 7. The number of anilines is 1. The van der Waals surface area contributed by atoms with E-state index in [1.807, 2.05) is 0 Å². The molecule has 9 nitrogen and oxygen atoms in total. The van der Waals surface area contributed by atoms with Crippen LogP contribution in [-0.2, 0) is 24.7 Å². The minimum Gasteiger partial charge on any atom is -0.479 e. The Morgan fingerprint density at radius 2 is 1.86 bits per heavy atom. The number of amides is 2. The molecule has 0 bridgehead atoms. The predicted molar refractivity (Wildman–Crippen MR) is 133 cm³/mol. The number of ether oxygens (including phenoxy) is 1. The Kier molecular flexibility index (Phi) is 8.11. The second-order valence-corrected chi connectivity index (χ2v) is 10.5. The average Bonchev–Trinajstić information content (AvgIpc) is 3.24. The zero-order chi connectivity index (χ0) is 27.5. The molecule has 1 saturated heterocycles. The Hall–Kier alpha value is -3.67. The number of hydrogen-bond donors (Lipinski definition) is 3. The van der Waals surface area contributed by atoms with E-state index in [0.717, 1.165) is 17.8 Å². The highest BCUT2D eigenvalue weighted by Gasteiger charge is 2.48. The molecule has 3 unspecified atom stereocenters. The van der Waals surface area contributed by atoms with Crippen molar-refractivity contribution in [3.63, 3.8) is 0 Å². The second-order valence-electron chi connectivity index (χ2n) is 9.37. The van der Waals surface area contributed by atoms with Crippen LogP contribution in [-0.4, -0.2) is 46.8 Å². The summed E-state index contributed by atoms with van der Waals surface area (Å²) in [6.45, 7) is 5.02. The number of carbonyl (C=O) groups excluding carboxylic acids is 3. The summed E-state index contributed by atoms with van der Waals surface area (Å²) in [6, 6.07) is 7.24. The number of carboxylic acids is 1. The van der Waals surface area contributed by atoms with E-state index in [1.165, 1.54) is 35.2 Å². The van der Waals surface area contributed by atoms with Gasteiger partial charge in [0.15, 0.2) is 17.2 Å². The van der Waals surface area contributed by atoms with Gasteiger partial charge >= 0.3 is 18.0 Å². The number of primary amides is 1. The number of para-hydroxylation sites is 1. The van der Waals surface area contributed by atoms with E-state index in [0.29, 0.717) is 6.29 Å². The molecule has 0 saturated carbocycles. The molecule has 3 rings (SSSR count). The highest BCUT2D eigenvalue weighted by molar-refractivity contribution is 8.00. The van der Waals surface area contributed by atoms with Crippen molar-refractivity contribution >= 4 is 41.7 Å². The predicted octanol–water partition coefficient (Wildman–Crippen LogP) is 3.46. The number of benzene rings is 2. The van der Waals surface area contributed by atoms with Crippen LogP contribution in [0.5, 0.6) is 0 Å². The molecule has 1 heterocycles. The zero-order valence-electron chi connectivity index (χ0n) is 20.4. The Morgan fingerprint density at radius 3 is 2.46 bits per heavy atom. The van der Waals surface area contributed by atoms with Crippen molar-refractivity contribution in [2.45, 2.75) is 49.7 Å². The number of carbonyl (C=O) groups is 4. The van der Waals surface area contributed by atoms with Crippen molar-refractivity contribution in [2.24, 2.45) is 5.73 Å². The molecule has 12 heteroatoms. The third-order valence-corrected chi connectivity index (χ3v) is 6.96. The molecule has 3 atom stereocenters. The van der Waals surface area contributed by atoms with E-state index in [4.69, 9.17) is 10.5 Å². The monoisotopic (exact) mass is 535 g/mol. The Bertz CT molecular complexity index is 1220. The van der Waals surface area contributed by atoms with Gasteiger partial charge in [-0.1, -0.05) is 30.3 Å². The van der Waals surface area contributed by atoms with Gasteiger partial charge in [0.1, 0.15) is 23.3 Å². The molecule has 1 aliphatic rings. The molecule has 1 aliphatic heterocycles. The lowest BCUT2D eigenvalue weighted by Crippen LogP contribution is -2.55. The van der Waals surface area contributed by atoms with Crippen LogP contribution in [0.1, 0.15) is 43.7 Å². The topological polar surface area (TPSA) is 139 Å². The number of esters is 1. The molecular weight excluding hydrogens is 508 g/mol. The van der Waals surface area contributed by atoms with Gasteiger partial charge in [-0.05, 0) is 32.9 Å². The van der Waals surface area contributed by atoms with E-state index in [1.54, 1.807) is 26.8 Å². The first-order chi connectivity index (χ1) is 17.3. The quantitative estimate of drug-likeness (QED) is 0.345. The number of nitrogens with one attached hydrogen (secondary N) is 1. The number of aliphatic carboxylic acids is 1. The molecule has 2 amide bonds. The van der Waals surface area contributed by atoms with Crippen LogP contribution in [0, 0.1) is 11.6 Å². The number of carboxylic acid groups (broad SMARTS) is 1. The van der Waals surface area contributed by atoms with E-state index in [-0.39, 0.29) is 22.6 Å². The minimum atomic E-state index is -2.30. The highest BCUT2D eigenvalue weighted by Crippen LogP contribution is 2.48. The Labute approximate surface area is 216 Å². The van der Waals surface area contributed by atoms with Gasteiger partial charge in [-0.2, -0.15) is 0 Å². The summed E-state index contributed by atoms with van der Waals surface area (Å²) >= 11 is 1.13. The van der Waals surface area contributed by atoms with Crippen molar-refractivity contribution in [3.05, 3.63) is 65.2 Å². The van der Waals surface area contributed by atoms with Crippen molar-refractivity contribution in [3.8, 4) is 0 Å². The average molecular weight is 536 g/mol. The van der Waals surface area contributed by atoms with Gasteiger partial charge < -0.3 is 30.6 Å². The van der Waals surface area contributed by atoms with Gasteiger partial charge in [0, 0.05) is 29.0 Å². The fraction of sp³-hybridized carbons (Fsp3) is 0.360. The van der Waals surface area contributed by atoms with E-state index < -0.39 is 58.6 Å². The number of nitrogens with zero attached hydrogens (tertiary/aromatic N) is 1. The third-order valence-electron chi connectivity index (χ3n) is 5.66. The van der Waals surface area contributed by atoms with Crippen LogP contribution in [0.3, 0.4) is 0 Å². The zero-order valence-corrected chi connectivity index (χ0v) is 21.2. The standard InChI is InChI=1S/C25H27F2N3O6S/c1-24(2,3)36-21(32)18-13-37-20(14-7-6-9-16(26)19(14)27)30(18)17-10-5-4-8-15(17)25(11-12-31,22(33)34)29-23(28)35/h4-10,12,18,20H,11,13H2,1-3H3,(H,33,34)(H3,28,29,35). The summed E-state index contributed by atoms with van der Waals surface area (Å²) in [5.41, 5.74) is 2.04. The second kappa shape index (κ2) is 10.8. The largest absolute Gasteiger partial charge is 0.479 e. The maximum Gasteiger partial charge on any atom is 0.334 e. The summed E-state index contributed by atoms with van der Waals surface area (Å²) in [7, 11) is 0. The van der Waals surface area contributed by atoms with Crippen LogP contribution >= 0.6 is 11.8 Å². The number of aldehydes is 1. The van der Waals surface area contributed by atoms with Gasteiger partial charge in [-0.25, -0.2) is 23.2 Å². The van der Waals surface area contributed by atoms with Crippen molar-refractivity contribution in [1.29, 1.82) is 0 Å². The minimum absolute atomic E-state index is 0.0775. The Morgan fingerprint density at radius 1 is 1.19 bits per heavy atom. The lowest BCUT2D eigenvalue weighted by molar-refractivity contribution is -0.155. The molecule has 0 spiro atoms. The maximum atomic E-state index is 15.0. The number of thioether (sulfide) groups is 1. The van der Waals surface area contributed by atoms with Crippen molar-refractivity contribution in [2.75, 3.05) is 10.7 Å². The van der Waals surface area contributed by atoms with Crippen LogP contribution in [0.4, 0.5) is 19.3 Å². The summed E-state index contributed by atoms with van der Waals surface area (Å²) in [5.74, 6) is -4.38. The van der Waals surface area contributed by atoms with Gasteiger partial charge in [0.05, 0.1) is 0 Å². The van der Waals surface area contributed by atoms with Crippen LogP contribution in [0.25, 0.3) is 0 Å². The van der Waals surface area contributed by atoms with Crippen LogP contribution < -0.4 is 16.0 Å². The van der Waals surface area contributed by atoms with Gasteiger partial charge in [-0.3, -0.25) is 0 Å². The fourth-order valence-electron chi connectivity index (χ4n) is 4.18. The van der Waals surface area contributed by atoms with Gasteiger partial charge in [0.25, 0.3) is 0 Å². The van der Waals surface area contributed by atoms with E-state index in [9.17, 15) is 33.1 Å². The van der Waals surface area contributed by atoms with Gasteiger partial charge in [0.2, 0.25) is 0 Å². The molecule has 0 aliphatic carbocycles. The Balaban J connectivity index is 2.28. The first-order valence-electron chi connectivity index (χ1n) is 11.2. The molecule has 2 aromatic carbocycles. The van der Waals surface area contributed by atoms with E-state index in [2.05, 4.69) is 5.32 Å². The summed E-state index contributed by atoms with van der Waals surface area (Å²) in [5, 5.41) is 11.3. The fourth-order valence-corrected chi connectivity index (χ4v) is 5.63. The SMILES string of the molecule is CC(C)(C)OC(=O)C1CSC(c2cccc(F)c2F)N1c1ccccc1C(CC=O)(NC(N)=O)C(=O)O. The first-order valence-corrected chi connectivity index (χ1v) is 12.3. The van der Waals surface area contributed by atoms with Gasteiger partial charge in [-0.15, -0.1) is 11.8 Å². The molecule has 0 aromatic heterocycles. The lowest BCUT2D eigenvalue weighted by Gasteiger charge is -2.37. The number of rotatable bonds is 8. The van der Waals surface area contributed by atoms with Crippen molar-refractivity contribution in [1.82, 2.24) is 5.32 Å². The molecule has 198 valence electrons. The molecule has 1 fully saturated rings. The summed E-state index contributed by atoms with van der Waals surface area (Å²) in [6.07, 6.45) is -0.381. The summed E-state index contributed by atoms with van der Waals surface area (Å²) in [4.78, 5) is 50.6.